The minimum atomic E-state index is -0.401. The Labute approximate surface area is 123 Å². The molecule has 4 nitrogen and oxygen atoms in total. The third kappa shape index (κ3) is 3.27. The molecule has 0 aliphatic rings. The van der Waals surface area contributed by atoms with E-state index in [9.17, 15) is 4.79 Å². The van der Waals surface area contributed by atoms with Gasteiger partial charge in [0.2, 0.25) is 0 Å². The second-order valence-corrected chi connectivity index (χ2v) is 6.37. The first-order chi connectivity index (χ1) is 9.11. The number of esters is 1. The van der Waals surface area contributed by atoms with Crippen LogP contribution < -0.4 is 11.1 Å². The van der Waals surface area contributed by atoms with Crippen molar-refractivity contribution in [1.29, 1.82) is 0 Å². The second-order valence-electron chi connectivity index (χ2n) is 3.82. The Bertz CT molecular complexity index is 598. The number of nitrogens with one attached hydrogen (secondary N) is 1. The van der Waals surface area contributed by atoms with E-state index in [1.54, 1.807) is 29.5 Å². The van der Waals surface area contributed by atoms with Crippen molar-refractivity contribution in [3.8, 4) is 0 Å². The van der Waals surface area contributed by atoms with E-state index in [1.165, 1.54) is 7.11 Å². The minimum Gasteiger partial charge on any atom is -0.465 e. The van der Waals surface area contributed by atoms with Crippen LogP contribution in [0, 0.1) is 0 Å². The molecule has 0 fully saturated rings. The summed E-state index contributed by atoms with van der Waals surface area (Å²) in [5.41, 5.74) is 7.49. The number of carbonyl (C=O) groups is 1. The molecule has 0 radical (unpaired) electrons. The number of hydrogen-bond donors (Lipinski definition) is 2. The molecule has 1 aromatic carbocycles. The number of thiophene rings is 1. The molecule has 0 spiro atoms. The van der Waals surface area contributed by atoms with Gasteiger partial charge in [0, 0.05) is 11.4 Å². The van der Waals surface area contributed by atoms with E-state index in [0.29, 0.717) is 23.5 Å². The molecule has 1 aromatic heterocycles. The molecule has 0 aliphatic heterocycles. The summed E-state index contributed by atoms with van der Waals surface area (Å²) < 4.78 is 5.82. The molecule has 19 heavy (non-hydrogen) atoms. The minimum absolute atomic E-state index is 0.401. The molecular formula is C13H13BrN2O2S. The summed E-state index contributed by atoms with van der Waals surface area (Å²) in [6.45, 7) is 0.606. The van der Waals surface area contributed by atoms with Crippen molar-refractivity contribution < 1.29 is 9.53 Å². The van der Waals surface area contributed by atoms with Gasteiger partial charge in [0.1, 0.15) is 0 Å². The summed E-state index contributed by atoms with van der Waals surface area (Å²) in [6.07, 6.45) is 0. The Kier molecular flexibility index (Phi) is 4.44. The number of nitrogen functional groups attached to an aromatic ring is 1. The average Bonchev–Trinajstić information content (AvgIpc) is 2.82. The molecule has 0 saturated carbocycles. The number of benzene rings is 1. The van der Waals surface area contributed by atoms with Crippen LogP contribution in [-0.4, -0.2) is 13.1 Å². The lowest BCUT2D eigenvalue weighted by Gasteiger charge is -2.12. The second kappa shape index (κ2) is 6.08. The average molecular weight is 341 g/mol. The SMILES string of the molecule is COC(=O)c1cccc(N)c1NCc1ccc(Br)s1. The lowest BCUT2D eigenvalue weighted by Crippen LogP contribution is -2.10. The number of rotatable bonds is 4. The Hall–Kier alpha value is -1.53. The molecule has 0 unspecified atom stereocenters. The smallest absolute Gasteiger partial charge is 0.340 e. The van der Waals surface area contributed by atoms with Crippen LogP contribution in [0.2, 0.25) is 0 Å². The number of methoxy groups -OCH3 is 1. The largest absolute Gasteiger partial charge is 0.465 e. The fourth-order valence-corrected chi connectivity index (χ4v) is 3.09. The molecule has 6 heteroatoms. The number of para-hydroxylation sites is 1. The molecule has 0 bridgehead atoms. The molecule has 3 N–H and O–H groups in total. The highest BCUT2D eigenvalue weighted by Crippen LogP contribution is 2.27. The van der Waals surface area contributed by atoms with Gasteiger partial charge in [-0.1, -0.05) is 6.07 Å². The molecule has 100 valence electrons. The van der Waals surface area contributed by atoms with Gasteiger partial charge < -0.3 is 15.8 Å². The number of anilines is 2. The molecule has 0 atom stereocenters. The van der Waals surface area contributed by atoms with E-state index in [0.717, 1.165) is 8.66 Å². The zero-order chi connectivity index (χ0) is 13.8. The van der Waals surface area contributed by atoms with Crippen LogP contribution >= 0.6 is 27.3 Å². The van der Waals surface area contributed by atoms with Gasteiger partial charge in [-0.05, 0) is 40.2 Å². The van der Waals surface area contributed by atoms with Crippen LogP contribution in [-0.2, 0) is 11.3 Å². The molecule has 0 saturated heterocycles. The van der Waals surface area contributed by atoms with E-state index < -0.39 is 5.97 Å². The Morgan fingerprint density at radius 1 is 1.42 bits per heavy atom. The topological polar surface area (TPSA) is 64.3 Å². The van der Waals surface area contributed by atoms with Crippen LogP contribution in [0.4, 0.5) is 11.4 Å². The highest BCUT2D eigenvalue weighted by Gasteiger charge is 2.14. The predicted molar refractivity (Wildman–Crippen MR) is 81.5 cm³/mol. The van der Waals surface area contributed by atoms with Gasteiger partial charge in [-0.3, -0.25) is 0 Å². The Balaban J connectivity index is 2.21. The van der Waals surface area contributed by atoms with Crippen molar-refractivity contribution in [2.75, 3.05) is 18.2 Å². The zero-order valence-electron chi connectivity index (χ0n) is 10.3. The first kappa shape index (κ1) is 13.9. The number of hydrogen-bond acceptors (Lipinski definition) is 5. The lowest BCUT2D eigenvalue weighted by atomic mass is 10.1. The highest BCUT2D eigenvalue weighted by atomic mass is 79.9. The van der Waals surface area contributed by atoms with E-state index in [-0.39, 0.29) is 0 Å². The summed E-state index contributed by atoms with van der Waals surface area (Å²) in [4.78, 5) is 12.8. The van der Waals surface area contributed by atoms with E-state index in [4.69, 9.17) is 10.5 Å². The highest BCUT2D eigenvalue weighted by molar-refractivity contribution is 9.11. The monoisotopic (exact) mass is 340 g/mol. The van der Waals surface area contributed by atoms with E-state index >= 15 is 0 Å². The van der Waals surface area contributed by atoms with Crippen molar-refractivity contribution in [3.63, 3.8) is 0 Å². The molecular weight excluding hydrogens is 328 g/mol. The molecule has 1 heterocycles. The fourth-order valence-electron chi connectivity index (χ4n) is 1.67. The van der Waals surface area contributed by atoms with Gasteiger partial charge in [0.05, 0.1) is 27.8 Å². The van der Waals surface area contributed by atoms with E-state index in [1.807, 2.05) is 12.1 Å². The number of carbonyl (C=O) groups excluding carboxylic acids is 1. The maximum Gasteiger partial charge on any atom is 0.340 e. The van der Waals surface area contributed by atoms with Gasteiger partial charge in [-0.15, -0.1) is 11.3 Å². The van der Waals surface area contributed by atoms with E-state index in [2.05, 4.69) is 21.2 Å². The van der Waals surface area contributed by atoms with Gasteiger partial charge in [0.25, 0.3) is 0 Å². The van der Waals surface area contributed by atoms with Crippen molar-refractivity contribution in [1.82, 2.24) is 0 Å². The van der Waals surface area contributed by atoms with Crippen LogP contribution in [0.3, 0.4) is 0 Å². The van der Waals surface area contributed by atoms with Crippen LogP contribution in [0.5, 0.6) is 0 Å². The first-order valence-corrected chi connectivity index (χ1v) is 7.17. The van der Waals surface area contributed by atoms with Crippen LogP contribution in [0.25, 0.3) is 0 Å². The summed E-state index contributed by atoms with van der Waals surface area (Å²) in [7, 11) is 1.35. The van der Waals surface area contributed by atoms with Crippen molar-refractivity contribution in [2.24, 2.45) is 0 Å². The van der Waals surface area contributed by atoms with Crippen LogP contribution in [0.1, 0.15) is 15.2 Å². The van der Waals surface area contributed by atoms with Crippen molar-refractivity contribution in [3.05, 3.63) is 44.6 Å². The van der Waals surface area contributed by atoms with Gasteiger partial charge in [-0.2, -0.15) is 0 Å². The maximum absolute atomic E-state index is 11.7. The number of halogens is 1. The van der Waals surface area contributed by atoms with Crippen LogP contribution in [0.15, 0.2) is 34.1 Å². The van der Waals surface area contributed by atoms with Gasteiger partial charge >= 0.3 is 5.97 Å². The Morgan fingerprint density at radius 2 is 2.21 bits per heavy atom. The fraction of sp³-hybridized carbons (Fsp3) is 0.154. The lowest BCUT2D eigenvalue weighted by molar-refractivity contribution is 0.0602. The normalized spacial score (nSPS) is 10.2. The zero-order valence-corrected chi connectivity index (χ0v) is 12.7. The number of nitrogens with two attached hydrogens (primary N) is 1. The number of ether oxygens (including phenoxy) is 1. The van der Waals surface area contributed by atoms with Crippen molar-refractivity contribution in [2.45, 2.75) is 6.54 Å². The maximum atomic E-state index is 11.7. The summed E-state index contributed by atoms with van der Waals surface area (Å²) in [5.74, 6) is -0.401. The standard InChI is InChI=1S/C13H13BrN2O2S/c1-18-13(17)9-3-2-4-10(15)12(9)16-7-8-5-6-11(14)19-8/h2-6,16H,7,15H2,1H3. The molecule has 0 amide bonds. The van der Waals surface area contributed by atoms with Gasteiger partial charge in [-0.25, -0.2) is 4.79 Å². The summed E-state index contributed by atoms with van der Waals surface area (Å²) in [5, 5.41) is 3.19. The summed E-state index contributed by atoms with van der Waals surface area (Å²) in [6, 6.07) is 9.17. The third-order valence-corrected chi connectivity index (χ3v) is 4.19. The van der Waals surface area contributed by atoms with Crippen molar-refractivity contribution >= 4 is 44.6 Å². The third-order valence-electron chi connectivity index (χ3n) is 2.57. The van der Waals surface area contributed by atoms with Gasteiger partial charge in [0.15, 0.2) is 0 Å². The summed E-state index contributed by atoms with van der Waals surface area (Å²) >= 11 is 5.04. The molecule has 0 aliphatic carbocycles. The Morgan fingerprint density at radius 3 is 2.84 bits per heavy atom. The predicted octanol–water partition coefficient (Wildman–Crippen LogP) is 3.49. The quantitative estimate of drug-likeness (QED) is 0.660. The molecule has 2 aromatic rings. The first-order valence-electron chi connectivity index (χ1n) is 5.56. The molecule has 2 rings (SSSR count).